The van der Waals surface area contributed by atoms with Crippen LogP contribution in [0.15, 0.2) is 36.9 Å². The molecule has 162 valence electrons. The van der Waals surface area contributed by atoms with Crippen LogP contribution in [0.2, 0.25) is 0 Å². The number of nitrogens with one attached hydrogen (secondary N) is 1. The van der Waals surface area contributed by atoms with Gasteiger partial charge in [-0.2, -0.15) is 0 Å². The number of imidazole rings is 1. The van der Waals surface area contributed by atoms with E-state index in [9.17, 15) is 0 Å². The van der Waals surface area contributed by atoms with E-state index in [0.717, 1.165) is 49.6 Å². The summed E-state index contributed by atoms with van der Waals surface area (Å²) in [4.78, 5) is 16.2. The molecular formula is C24H30N6O. The Morgan fingerprint density at radius 2 is 2.00 bits per heavy atom. The summed E-state index contributed by atoms with van der Waals surface area (Å²) in [5.41, 5.74) is 7.35. The maximum Gasteiger partial charge on any atom is 0.223 e. The first-order valence-electron chi connectivity index (χ1n) is 10.9. The molecule has 5 rings (SSSR count). The van der Waals surface area contributed by atoms with Crippen molar-refractivity contribution in [3.8, 4) is 0 Å². The van der Waals surface area contributed by atoms with Crippen molar-refractivity contribution >= 4 is 5.95 Å². The van der Waals surface area contributed by atoms with E-state index < -0.39 is 0 Å². The van der Waals surface area contributed by atoms with Gasteiger partial charge in [-0.3, -0.25) is 4.90 Å². The quantitative estimate of drug-likeness (QED) is 0.687. The van der Waals surface area contributed by atoms with Gasteiger partial charge in [0, 0.05) is 38.1 Å². The predicted molar refractivity (Wildman–Crippen MR) is 120 cm³/mol. The van der Waals surface area contributed by atoms with E-state index in [-0.39, 0.29) is 5.41 Å². The van der Waals surface area contributed by atoms with Gasteiger partial charge >= 0.3 is 0 Å². The van der Waals surface area contributed by atoms with E-state index in [1.54, 1.807) is 6.33 Å². The maximum absolute atomic E-state index is 6.01. The van der Waals surface area contributed by atoms with Crippen LogP contribution in [0.4, 0.5) is 5.95 Å². The average Bonchev–Trinajstić information content (AvgIpc) is 3.32. The first kappa shape index (κ1) is 20.2. The highest BCUT2D eigenvalue weighted by Gasteiger charge is 2.44. The molecule has 1 N–H and O–H groups in total. The van der Waals surface area contributed by atoms with Gasteiger partial charge in [-0.05, 0) is 32.4 Å². The van der Waals surface area contributed by atoms with Gasteiger partial charge in [-0.1, -0.05) is 29.3 Å². The SMILES string of the molecule is Cc1cc(C)cc(CN2CCC3(COCc4cnc(NCc5cncn5C)nc43)C2)c1. The van der Waals surface area contributed by atoms with Gasteiger partial charge in [-0.15, -0.1) is 0 Å². The second-order valence-corrected chi connectivity index (χ2v) is 9.15. The molecule has 0 aliphatic carbocycles. The lowest BCUT2D eigenvalue weighted by Crippen LogP contribution is -2.40. The molecule has 31 heavy (non-hydrogen) atoms. The zero-order chi connectivity index (χ0) is 21.4. The third kappa shape index (κ3) is 4.07. The van der Waals surface area contributed by atoms with Crippen LogP contribution in [0, 0.1) is 13.8 Å². The van der Waals surface area contributed by atoms with Crippen LogP contribution in [0.1, 0.15) is 40.1 Å². The molecule has 0 radical (unpaired) electrons. The fourth-order valence-corrected chi connectivity index (χ4v) is 5.03. The summed E-state index contributed by atoms with van der Waals surface area (Å²) in [6.45, 7) is 9.29. The van der Waals surface area contributed by atoms with Crippen LogP contribution in [-0.2, 0) is 36.9 Å². The van der Waals surface area contributed by atoms with E-state index >= 15 is 0 Å². The summed E-state index contributed by atoms with van der Waals surface area (Å²) in [6.07, 6.45) is 6.66. The molecular weight excluding hydrogens is 388 g/mol. The first-order chi connectivity index (χ1) is 15.0. The van der Waals surface area contributed by atoms with Crippen molar-refractivity contribution in [3.63, 3.8) is 0 Å². The van der Waals surface area contributed by atoms with Crippen LogP contribution in [0.25, 0.3) is 0 Å². The number of nitrogens with zero attached hydrogens (tertiary/aromatic N) is 5. The zero-order valence-corrected chi connectivity index (χ0v) is 18.6. The molecule has 1 atom stereocenters. The summed E-state index contributed by atoms with van der Waals surface area (Å²) in [7, 11) is 1.99. The highest BCUT2D eigenvalue weighted by atomic mass is 16.5. The van der Waals surface area contributed by atoms with E-state index in [0.29, 0.717) is 19.1 Å². The smallest absolute Gasteiger partial charge is 0.223 e. The molecule has 0 amide bonds. The van der Waals surface area contributed by atoms with Crippen molar-refractivity contribution in [2.24, 2.45) is 7.05 Å². The summed E-state index contributed by atoms with van der Waals surface area (Å²) in [5, 5.41) is 3.37. The minimum Gasteiger partial charge on any atom is -0.376 e. The number of aryl methyl sites for hydroxylation is 3. The summed E-state index contributed by atoms with van der Waals surface area (Å²) in [5.74, 6) is 0.675. The number of benzene rings is 1. The van der Waals surface area contributed by atoms with Crippen LogP contribution in [-0.4, -0.2) is 44.1 Å². The minimum absolute atomic E-state index is 0.0572. The normalized spacial score (nSPS) is 20.9. The highest BCUT2D eigenvalue weighted by molar-refractivity contribution is 5.37. The van der Waals surface area contributed by atoms with Gasteiger partial charge in [-0.25, -0.2) is 15.0 Å². The monoisotopic (exact) mass is 418 g/mol. The van der Waals surface area contributed by atoms with Crippen molar-refractivity contribution in [1.82, 2.24) is 24.4 Å². The van der Waals surface area contributed by atoms with Gasteiger partial charge in [0.2, 0.25) is 5.95 Å². The van der Waals surface area contributed by atoms with Gasteiger partial charge in [0.05, 0.1) is 42.9 Å². The van der Waals surface area contributed by atoms with Gasteiger partial charge in [0.1, 0.15) is 0 Å². The van der Waals surface area contributed by atoms with Gasteiger partial charge in [0.15, 0.2) is 0 Å². The predicted octanol–water partition coefficient (Wildman–Crippen LogP) is 3.11. The van der Waals surface area contributed by atoms with Crippen molar-refractivity contribution in [3.05, 3.63) is 70.6 Å². The number of anilines is 1. The Hall–Kier alpha value is -2.77. The van der Waals surface area contributed by atoms with Gasteiger partial charge < -0.3 is 14.6 Å². The van der Waals surface area contributed by atoms with Gasteiger partial charge in [0.25, 0.3) is 0 Å². The molecule has 1 fully saturated rings. The number of fused-ring (bicyclic) bond motifs is 2. The number of rotatable bonds is 5. The van der Waals surface area contributed by atoms with E-state index in [4.69, 9.17) is 9.72 Å². The number of ether oxygens (including phenoxy) is 1. The van der Waals surface area contributed by atoms with E-state index in [1.165, 1.54) is 16.7 Å². The van der Waals surface area contributed by atoms with Crippen LogP contribution in [0.5, 0.6) is 0 Å². The first-order valence-corrected chi connectivity index (χ1v) is 10.9. The Morgan fingerprint density at radius 1 is 1.16 bits per heavy atom. The van der Waals surface area contributed by atoms with Crippen LogP contribution in [0.3, 0.4) is 0 Å². The lowest BCUT2D eigenvalue weighted by atomic mass is 9.80. The molecule has 1 spiro atoms. The summed E-state index contributed by atoms with van der Waals surface area (Å²) >= 11 is 0. The van der Waals surface area contributed by atoms with E-state index in [2.05, 4.69) is 52.2 Å². The molecule has 2 aliphatic rings. The molecule has 1 saturated heterocycles. The van der Waals surface area contributed by atoms with Crippen molar-refractivity contribution < 1.29 is 4.74 Å². The highest BCUT2D eigenvalue weighted by Crippen LogP contribution is 2.39. The summed E-state index contributed by atoms with van der Waals surface area (Å²) in [6, 6.07) is 6.83. The Morgan fingerprint density at radius 3 is 2.77 bits per heavy atom. The second kappa shape index (κ2) is 8.05. The number of aromatic nitrogens is 4. The Kier molecular flexibility index (Phi) is 5.24. The third-order valence-electron chi connectivity index (χ3n) is 6.47. The molecule has 1 aromatic carbocycles. The molecule has 0 bridgehead atoms. The molecule has 3 aromatic rings. The Balaban J connectivity index is 1.34. The standard InChI is InChI=1S/C24H30N6O/c1-17-6-18(2)8-19(7-17)12-30-5-4-24(14-30)15-31-13-20-9-26-23(28-22(20)24)27-11-21-10-25-16-29(21)3/h6-10,16H,4-5,11-15H2,1-3H3,(H,26,27,28). The van der Waals surface area contributed by atoms with Crippen LogP contribution >= 0.6 is 0 Å². The zero-order valence-electron chi connectivity index (χ0n) is 18.6. The molecule has 4 heterocycles. The molecule has 7 heteroatoms. The molecule has 1 unspecified atom stereocenters. The van der Waals surface area contributed by atoms with Crippen molar-refractivity contribution in [2.75, 3.05) is 25.0 Å². The molecule has 2 aliphatic heterocycles. The number of likely N-dealkylation sites (tertiary alicyclic amines) is 1. The summed E-state index contributed by atoms with van der Waals surface area (Å²) < 4.78 is 8.01. The van der Waals surface area contributed by atoms with Crippen LogP contribution < -0.4 is 5.32 Å². The minimum atomic E-state index is -0.0572. The van der Waals surface area contributed by atoms with E-state index in [1.807, 2.05) is 24.0 Å². The topological polar surface area (TPSA) is 68.1 Å². The maximum atomic E-state index is 6.01. The average molecular weight is 419 g/mol. The third-order valence-corrected chi connectivity index (χ3v) is 6.47. The second-order valence-electron chi connectivity index (χ2n) is 9.15. The Labute approximate surface area is 183 Å². The molecule has 0 saturated carbocycles. The largest absolute Gasteiger partial charge is 0.376 e. The number of hydrogen-bond donors (Lipinski definition) is 1. The number of hydrogen-bond acceptors (Lipinski definition) is 6. The molecule has 2 aromatic heterocycles. The van der Waals surface area contributed by atoms with Crippen molar-refractivity contribution in [1.29, 1.82) is 0 Å². The van der Waals surface area contributed by atoms with Crippen molar-refractivity contribution in [2.45, 2.75) is 45.4 Å². The fraction of sp³-hybridized carbons (Fsp3) is 0.458. The Bertz CT molecular complexity index is 1070. The lowest BCUT2D eigenvalue weighted by molar-refractivity contribution is 0.0503. The molecule has 7 nitrogen and oxygen atoms in total. The lowest BCUT2D eigenvalue weighted by Gasteiger charge is -2.34. The fourth-order valence-electron chi connectivity index (χ4n) is 5.03.